The van der Waals surface area contributed by atoms with Crippen molar-refractivity contribution < 1.29 is 30.3 Å². The summed E-state index contributed by atoms with van der Waals surface area (Å²) in [5.41, 5.74) is 10.4. The molecule has 2 atom stereocenters. The Morgan fingerprint density at radius 2 is 1.27 bits per heavy atom. The molecule has 2 rings (SSSR count). The molecule has 0 aliphatic carbocycles. The number of hydrogen-bond acceptors (Lipinski definition) is 8. The van der Waals surface area contributed by atoms with Gasteiger partial charge < -0.3 is 5.11 Å². The Morgan fingerprint density at radius 1 is 0.867 bits per heavy atom. The van der Waals surface area contributed by atoms with Gasteiger partial charge >= 0.3 is 0 Å². The average Bonchev–Trinajstić information content (AvgIpc) is 2.70. The zero-order valence-corrected chi connectivity index (χ0v) is 17.9. The summed E-state index contributed by atoms with van der Waals surface area (Å²) in [6.45, 7) is 2.12. The predicted molar refractivity (Wildman–Crippen MR) is 108 cm³/mol. The van der Waals surface area contributed by atoms with Gasteiger partial charge in [-0.05, 0) is 43.6 Å². The lowest BCUT2D eigenvalue weighted by molar-refractivity contribution is 0.0717. The number of rotatable bonds is 10. The van der Waals surface area contributed by atoms with E-state index in [1.54, 1.807) is 38.1 Å². The number of benzene rings is 2. The van der Waals surface area contributed by atoms with Crippen LogP contribution in [0.1, 0.15) is 11.1 Å². The minimum Gasteiger partial charge on any atom is -0.390 e. The molecule has 1 N–H and O–H groups in total. The second-order valence-corrected chi connectivity index (χ2v) is 9.67. The van der Waals surface area contributed by atoms with E-state index in [0.29, 0.717) is 0 Å². The van der Waals surface area contributed by atoms with E-state index in [9.17, 15) is 21.9 Å². The van der Waals surface area contributed by atoms with Gasteiger partial charge in [-0.2, -0.15) is 16.8 Å². The van der Waals surface area contributed by atoms with Crippen molar-refractivity contribution in [2.45, 2.75) is 35.8 Å². The summed E-state index contributed by atoms with van der Waals surface area (Å²) in [4.78, 5) is 2.32. The van der Waals surface area contributed by atoms with Crippen molar-refractivity contribution in [1.29, 1.82) is 0 Å². The Labute approximate surface area is 175 Å². The fourth-order valence-electron chi connectivity index (χ4n) is 2.26. The van der Waals surface area contributed by atoms with Crippen LogP contribution < -0.4 is 0 Å². The SMILES string of the molecule is Cc1ccc(S(=O)(=O)OC[C@@H](O)[C@H](COS(=O)(=O)c2ccc(C)cc2)N=[N+]=[N-])cc1. The smallest absolute Gasteiger partial charge is 0.297 e. The zero-order chi connectivity index (χ0) is 22.4. The third kappa shape index (κ3) is 6.52. The molecular weight excluding hydrogens is 434 g/mol. The van der Waals surface area contributed by atoms with Gasteiger partial charge in [0.15, 0.2) is 0 Å². The Kier molecular flexibility index (Phi) is 7.96. The summed E-state index contributed by atoms with van der Waals surface area (Å²) >= 11 is 0. The van der Waals surface area contributed by atoms with Crippen molar-refractivity contribution in [2.24, 2.45) is 5.11 Å². The predicted octanol–water partition coefficient (Wildman–Crippen LogP) is 2.45. The molecule has 2 aromatic carbocycles. The number of aryl methyl sites for hydroxylation is 2. The van der Waals surface area contributed by atoms with Crippen LogP contribution in [0.5, 0.6) is 0 Å². The molecule has 0 saturated carbocycles. The molecular formula is C18H21N3O7S2. The summed E-state index contributed by atoms with van der Waals surface area (Å²) in [6.07, 6.45) is -1.63. The van der Waals surface area contributed by atoms with E-state index in [1.165, 1.54) is 24.3 Å². The van der Waals surface area contributed by atoms with Crippen LogP contribution in [0, 0.1) is 13.8 Å². The van der Waals surface area contributed by atoms with E-state index in [0.717, 1.165) is 11.1 Å². The van der Waals surface area contributed by atoms with Crippen LogP contribution in [0.15, 0.2) is 63.4 Å². The number of hydrogen-bond donors (Lipinski definition) is 1. The minimum absolute atomic E-state index is 0.111. The molecule has 0 unspecified atom stereocenters. The van der Waals surface area contributed by atoms with Gasteiger partial charge in [0, 0.05) is 4.91 Å². The first kappa shape index (κ1) is 23.8. The van der Waals surface area contributed by atoms with E-state index in [4.69, 9.17) is 13.9 Å². The van der Waals surface area contributed by atoms with Crippen molar-refractivity contribution in [3.05, 3.63) is 70.1 Å². The lowest BCUT2D eigenvalue weighted by Crippen LogP contribution is -2.34. The van der Waals surface area contributed by atoms with Crippen LogP contribution in [-0.2, 0) is 28.6 Å². The lowest BCUT2D eigenvalue weighted by Gasteiger charge is -2.18. The average molecular weight is 456 g/mol. The van der Waals surface area contributed by atoms with Gasteiger partial charge in [0.1, 0.15) is 0 Å². The molecule has 162 valence electrons. The fraction of sp³-hybridized carbons (Fsp3) is 0.333. The molecule has 10 nitrogen and oxygen atoms in total. The molecule has 30 heavy (non-hydrogen) atoms. The molecule has 2 aromatic rings. The first-order chi connectivity index (χ1) is 14.0. The van der Waals surface area contributed by atoms with Crippen LogP contribution in [0.3, 0.4) is 0 Å². The number of azide groups is 1. The molecule has 0 bridgehead atoms. The molecule has 0 radical (unpaired) electrons. The Bertz CT molecular complexity index is 1110. The van der Waals surface area contributed by atoms with E-state index in [1.807, 2.05) is 0 Å². The van der Waals surface area contributed by atoms with Crippen molar-refractivity contribution in [2.75, 3.05) is 13.2 Å². The summed E-state index contributed by atoms with van der Waals surface area (Å²) in [6, 6.07) is 10.3. The van der Waals surface area contributed by atoms with Crippen molar-refractivity contribution in [1.82, 2.24) is 0 Å². The van der Waals surface area contributed by atoms with E-state index >= 15 is 0 Å². The van der Waals surface area contributed by atoms with Gasteiger partial charge in [-0.25, -0.2) is 0 Å². The van der Waals surface area contributed by atoms with Gasteiger partial charge in [0.25, 0.3) is 20.2 Å². The van der Waals surface area contributed by atoms with Crippen molar-refractivity contribution in [3.63, 3.8) is 0 Å². The van der Waals surface area contributed by atoms with Gasteiger partial charge in [0.2, 0.25) is 0 Å². The second kappa shape index (κ2) is 10.0. The summed E-state index contributed by atoms with van der Waals surface area (Å²) in [7, 11) is -8.33. The van der Waals surface area contributed by atoms with E-state index in [-0.39, 0.29) is 9.79 Å². The highest BCUT2D eigenvalue weighted by Crippen LogP contribution is 2.17. The Hall–Kier alpha value is -2.47. The molecule has 0 amide bonds. The molecule has 0 aliphatic heterocycles. The summed E-state index contributed by atoms with van der Waals surface area (Å²) in [5, 5.41) is 13.5. The normalized spacial score (nSPS) is 14.0. The maximum atomic E-state index is 12.2. The lowest BCUT2D eigenvalue weighted by atomic mass is 10.2. The number of nitrogens with zero attached hydrogens (tertiary/aromatic N) is 3. The van der Waals surface area contributed by atoms with Crippen LogP contribution in [-0.4, -0.2) is 47.3 Å². The topological polar surface area (TPSA) is 156 Å². The molecule has 0 saturated heterocycles. The summed E-state index contributed by atoms with van der Waals surface area (Å²) in [5.74, 6) is 0. The van der Waals surface area contributed by atoms with Crippen LogP contribution in [0.2, 0.25) is 0 Å². The maximum absolute atomic E-state index is 12.2. The van der Waals surface area contributed by atoms with Crippen LogP contribution in [0.4, 0.5) is 0 Å². The van der Waals surface area contributed by atoms with Crippen molar-refractivity contribution >= 4 is 20.2 Å². The van der Waals surface area contributed by atoms with Crippen LogP contribution in [0.25, 0.3) is 10.4 Å². The number of aliphatic hydroxyl groups excluding tert-OH is 1. The molecule has 0 aromatic heterocycles. The highest BCUT2D eigenvalue weighted by atomic mass is 32.2. The van der Waals surface area contributed by atoms with Gasteiger partial charge in [-0.15, -0.1) is 0 Å². The first-order valence-corrected chi connectivity index (χ1v) is 11.5. The quantitative estimate of drug-likeness (QED) is 0.249. The second-order valence-electron chi connectivity index (χ2n) is 6.44. The highest BCUT2D eigenvalue weighted by molar-refractivity contribution is 7.87. The molecule has 0 aliphatic rings. The molecule has 12 heteroatoms. The van der Waals surface area contributed by atoms with Crippen LogP contribution >= 0.6 is 0 Å². The Morgan fingerprint density at radius 3 is 1.67 bits per heavy atom. The minimum atomic E-state index is -4.17. The van der Waals surface area contributed by atoms with Crippen molar-refractivity contribution in [3.8, 4) is 0 Å². The van der Waals surface area contributed by atoms with Gasteiger partial charge in [-0.3, -0.25) is 8.37 Å². The first-order valence-electron chi connectivity index (χ1n) is 8.69. The third-order valence-corrected chi connectivity index (χ3v) is 6.64. The molecule has 0 spiro atoms. The van der Waals surface area contributed by atoms with Gasteiger partial charge in [-0.1, -0.05) is 40.5 Å². The highest BCUT2D eigenvalue weighted by Gasteiger charge is 2.26. The molecule has 0 fully saturated rings. The monoisotopic (exact) mass is 455 g/mol. The number of aliphatic hydroxyl groups is 1. The van der Waals surface area contributed by atoms with Gasteiger partial charge in [0.05, 0.1) is 35.2 Å². The Balaban J connectivity index is 2.03. The largest absolute Gasteiger partial charge is 0.390 e. The zero-order valence-electron chi connectivity index (χ0n) is 16.2. The molecule has 0 heterocycles. The van der Waals surface area contributed by atoms with E-state index in [2.05, 4.69) is 10.0 Å². The van der Waals surface area contributed by atoms with E-state index < -0.39 is 45.6 Å². The standard InChI is InChI=1S/C18H21N3O7S2/c1-13-3-7-15(8-4-13)29(23,24)27-11-17(20-21-19)18(22)12-28-30(25,26)16-9-5-14(2)6-10-16/h3-10,17-18,22H,11-12H2,1-2H3/t17-,18+/m0/s1. The summed E-state index contributed by atoms with van der Waals surface area (Å²) < 4.78 is 58.5. The third-order valence-electron chi connectivity index (χ3n) is 4.05. The maximum Gasteiger partial charge on any atom is 0.297 e. The fourth-order valence-corrected chi connectivity index (χ4v) is 4.11.